The molecule has 1 saturated heterocycles. The Morgan fingerprint density at radius 3 is 2.76 bits per heavy atom. The van der Waals surface area contributed by atoms with Crippen LogP contribution in [0.4, 0.5) is 5.88 Å². The first-order valence-electron chi connectivity index (χ1n) is 8.19. The third-order valence-corrected chi connectivity index (χ3v) is 4.26. The number of amides is 1. The van der Waals surface area contributed by atoms with Crippen molar-refractivity contribution >= 4 is 11.8 Å². The van der Waals surface area contributed by atoms with Crippen molar-refractivity contribution in [2.75, 3.05) is 38.2 Å². The number of nitrogens with zero attached hydrogens (tertiary/aromatic N) is 4. The van der Waals surface area contributed by atoms with E-state index in [1.54, 1.807) is 24.1 Å². The lowest BCUT2D eigenvalue weighted by Crippen LogP contribution is -2.51. The fourth-order valence-corrected chi connectivity index (χ4v) is 2.88. The van der Waals surface area contributed by atoms with Gasteiger partial charge in [-0.2, -0.15) is 10.2 Å². The molecule has 2 aromatic rings. The molecule has 2 aromatic heterocycles. The molecular formula is C17H20N4O4. The highest BCUT2D eigenvalue weighted by Gasteiger charge is 2.29. The van der Waals surface area contributed by atoms with Crippen LogP contribution in [0.5, 0.6) is 0 Å². The smallest absolute Gasteiger partial charge is 0.266 e. The molecule has 25 heavy (non-hydrogen) atoms. The van der Waals surface area contributed by atoms with Crippen molar-refractivity contribution in [2.45, 2.75) is 19.4 Å². The zero-order valence-corrected chi connectivity index (χ0v) is 14.3. The minimum atomic E-state index is -0.406. The number of piperazine rings is 1. The summed E-state index contributed by atoms with van der Waals surface area (Å²) < 4.78 is 16.2. The molecule has 8 heteroatoms. The van der Waals surface area contributed by atoms with Gasteiger partial charge in [0.25, 0.3) is 11.8 Å². The molecule has 0 aromatic carbocycles. The van der Waals surface area contributed by atoms with Crippen LogP contribution in [0, 0.1) is 11.3 Å². The van der Waals surface area contributed by atoms with Crippen molar-refractivity contribution < 1.29 is 18.4 Å². The highest BCUT2D eigenvalue weighted by molar-refractivity contribution is 5.81. The largest absolute Gasteiger partial charge is 0.459 e. The van der Waals surface area contributed by atoms with Crippen LogP contribution in [-0.4, -0.2) is 55.2 Å². The van der Waals surface area contributed by atoms with Gasteiger partial charge >= 0.3 is 0 Å². The van der Waals surface area contributed by atoms with Crippen LogP contribution in [0.1, 0.15) is 19.0 Å². The van der Waals surface area contributed by atoms with E-state index < -0.39 is 6.10 Å². The summed E-state index contributed by atoms with van der Waals surface area (Å²) in [6, 6.07) is 5.51. The van der Waals surface area contributed by atoms with Gasteiger partial charge in [-0.05, 0) is 18.6 Å². The van der Waals surface area contributed by atoms with E-state index >= 15 is 0 Å². The summed E-state index contributed by atoms with van der Waals surface area (Å²) in [5.74, 6) is 1.17. The maximum Gasteiger partial charge on any atom is 0.266 e. The van der Waals surface area contributed by atoms with Crippen molar-refractivity contribution in [1.82, 2.24) is 9.88 Å². The monoisotopic (exact) mass is 344 g/mol. The first-order chi connectivity index (χ1) is 12.2. The van der Waals surface area contributed by atoms with E-state index in [9.17, 15) is 10.1 Å². The van der Waals surface area contributed by atoms with Gasteiger partial charge in [0.15, 0.2) is 5.76 Å². The van der Waals surface area contributed by atoms with Gasteiger partial charge in [0.05, 0.1) is 6.26 Å². The van der Waals surface area contributed by atoms with E-state index in [1.165, 1.54) is 6.26 Å². The summed E-state index contributed by atoms with van der Waals surface area (Å²) in [6.07, 6.45) is 1.76. The molecule has 3 heterocycles. The summed E-state index contributed by atoms with van der Waals surface area (Å²) in [4.78, 5) is 20.3. The number of carbonyl (C=O) groups is 1. The average Bonchev–Trinajstić information content (AvgIpc) is 3.32. The van der Waals surface area contributed by atoms with Crippen LogP contribution in [0.25, 0.3) is 11.7 Å². The number of anilines is 1. The SMILES string of the molecule is CCC(OC)C(=O)N1CCN(c2oc(-c3ccco3)nc2C#N)CC1. The highest BCUT2D eigenvalue weighted by atomic mass is 16.5. The van der Waals surface area contributed by atoms with Gasteiger partial charge in [-0.25, -0.2) is 0 Å². The summed E-state index contributed by atoms with van der Waals surface area (Å²) in [5, 5.41) is 9.33. The van der Waals surface area contributed by atoms with Crippen LogP contribution >= 0.6 is 0 Å². The normalized spacial score (nSPS) is 15.9. The lowest BCUT2D eigenvalue weighted by Gasteiger charge is -2.35. The molecular weight excluding hydrogens is 324 g/mol. The molecule has 0 bridgehead atoms. The van der Waals surface area contributed by atoms with Gasteiger partial charge in [-0.15, -0.1) is 0 Å². The average molecular weight is 344 g/mol. The number of nitriles is 1. The highest BCUT2D eigenvalue weighted by Crippen LogP contribution is 2.29. The molecule has 1 atom stereocenters. The predicted molar refractivity (Wildman–Crippen MR) is 88.8 cm³/mol. The summed E-state index contributed by atoms with van der Waals surface area (Å²) in [7, 11) is 1.55. The fraction of sp³-hybridized carbons (Fsp3) is 0.471. The molecule has 0 radical (unpaired) electrons. The topological polar surface area (TPSA) is 95.7 Å². The molecule has 132 valence electrons. The minimum absolute atomic E-state index is 0.000925. The van der Waals surface area contributed by atoms with E-state index in [4.69, 9.17) is 13.6 Å². The van der Waals surface area contributed by atoms with Gasteiger partial charge in [-0.1, -0.05) is 6.92 Å². The Balaban J connectivity index is 1.71. The van der Waals surface area contributed by atoms with Crippen molar-refractivity contribution in [1.29, 1.82) is 5.26 Å². The molecule has 1 aliphatic heterocycles. The third kappa shape index (κ3) is 3.37. The molecule has 1 amide bonds. The molecule has 0 aliphatic carbocycles. The Bertz CT molecular complexity index is 750. The zero-order chi connectivity index (χ0) is 17.8. The molecule has 0 N–H and O–H groups in total. The number of carbonyl (C=O) groups excluding carboxylic acids is 1. The predicted octanol–water partition coefficient (Wildman–Crippen LogP) is 1.88. The Kier molecular flexibility index (Phi) is 5.05. The Labute approximate surface area is 145 Å². The minimum Gasteiger partial charge on any atom is -0.459 e. The Morgan fingerprint density at radius 2 is 2.20 bits per heavy atom. The van der Waals surface area contributed by atoms with E-state index in [0.29, 0.717) is 44.2 Å². The van der Waals surface area contributed by atoms with Crippen molar-refractivity contribution in [3.8, 4) is 17.7 Å². The van der Waals surface area contributed by atoms with Crippen LogP contribution in [0.2, 0.25) is 0 Å². The number of hydrogen-bond donors (Lipinski definition) is 0. The lowest BCUT2D eigenvalue weighted by molar-refractivity contribution is -0.142. The van der Waals surface area contributed by atoms with Gasteiger partial charge < -0.3 is 23.4 Å². The quantitative estimate of drug-likeness (QED) is 0.817. The van der Waals surface area contributed by atoms with Gasteiger partial charge in [0.2, 0.25) is 11.6 Å². The standard InChI is InChI=1S/C17H20N4O4/c1-3-13(23-2)16(22)20-6-8-21(9-7-20)17-12(11-18)19-15(25-17)14-5-4-10-24-14/h4-5,10,13H,3,6-9H2,1-2H3. The third-order valence-electron chi connectivity index (χ3n) is 4.26. The summed E-state index contributed by atoms with van der Waals surface area (Å²) in [5.41, 5.74) is 0.217. The van der Waals surface area contributed by atoms with E-state index in [2.05, 4.69) is 11.1 Å². The first kappa shape index (κ1) is 17.0. The number of furan rings is 1. The maximum absolute atomic E-state index is 12.4. The van der Waals surface area contributed by atoms with E-state index in [0.717, 1.165) is 0 Å². The fourth-order valence-electron chi connectivity index (χ4n) is 2.88. The van der Waals surface area contributed by atoms with E-state index in [-0.39, 0.29) is 17.5 Å². The van der Waals surface area contributed by atoms with Crippen molar-refractivity contribution in [2.24, 2.45) is 0 Å². The molecule has 1 aliphatic rings. The summed E-state index contributed by atoms with van der Waals surface area (Å²) in [6.45, 7) is 4.13. The Hall–Kier alpha value is -2.79. The number of hydrogen-bond acceptors (Lipinski definition) is 7. The second kappa shape index (κ2) is 7.40. The molecule has 8 nitrogen and oxygen atoms in total. The van der Waals surface area contributed by atoms with Crippen LogP contribution in [0.3, 0.4) is 0 Å². The van der Waals surface area contributed by atoms with Crippen LogP contribution in [0.15, 0.2) is 27.2 Å². The number of oxazole rings is 1. The van der Waals surface area contributed by atoms with E-state index in [1.807, 2.05) is 11.8 Å². The lowest BCUT2D eigenvalue weighted by atomic mass is 10.2. The van der Waals surface area contributed by atoms with Gasteiger partial charge in [0, 0.05) is 33.3 Å². The summed E-state index contributed by atoms with van der Waals surface area (Å²) >= 11 is 0. The number of ether oxygens (including phenoxy) is 1. The molecule has 1 unspecified atom stereocenters. The zero-order valence-electron chi connectivity index (χ0n) is 14.3. The van der Waals surface area contributed by atoms with Gasteiger partial charge in [-0.3, -0.25) is 4.79 Å². The van der Waals surface area contributed by atoms with Crippen LogP contribution in [-0.2, 0) is 9.53 Å². The molecule has 0 saturated carbocycles. The molecule has 1 fully saturated rings. The maximum atomic E-state index is 12.4. The number of methoxy groups -OCH3 is 1. The molecule has 0 spiro atoms. The Morgan fingerprint density at radius 1 is 1.44 bits per heavy atom. The van der Waals surface area contributed by atoms with Crippen molar-refractivity contribution in [3.63, 3.8) is 0 Å². The van der Waals surface area contributed by atoms with Crippen LogP contribution < -0.4 is 4.90 Å². The number of rotatable bonds is 5. The molecule has 3 rings (SSSR count). The van der Waals surface area contributed by atoms with Crippen molar-refractivity contribution in [3.05, 3.63) is 24.1 Å². The second-order valence-electron chi connectivity index (χ2n) is 5.71. The number of aromatic nitrogens is 1. The van der Waals surface area contributed by atoms with Gasteiger partial charge in [0.1, 0.15) is 12.2 Å². The second-order valence-corrected chi connectivity index (χ2v) is 5.71. The first-order valence-corrected chi connectivity index (χ1v) is 8.19.